The molecule has 1 amide bonds. The van der Waals surface area contributed by atoms with Crippen LogP contribution in [0.5, 0.6) is 5.75 Å². The van der Waals surface area contributed by atoms with Gasteiger partial charge >= 0.3 is 5.63 Å². The smallest absolute Gasteiger partial charge is 0.349 e. The monoisotopic (exact) mass is 484 g/mol. The predicted molar refractivity (Wildman–Crippen MR) is 140 cm³/mol. The van der Waals surface area contributed by atoms with E-state index in [9.17, 15) is 9.59 Å². The van der Waals surface area contributed by atoms with Crippen molar-refractivity contribution in [1.82, 2.24) is 10.2 Å². The minimum atomic E-state index is -0.724. The number of hydrogen-bond donors (Lipinski definition) is 1. The van der Waals surface area contributed by atoms with Gasteiger partial charge in [-0.3, -0.25) is 4.79 Å². The Kier molecular flexibility index (Phi) is 6.93. The maximum absolute atomic E-state index is 12.9. The molecule has 1 fully saturated rings. The summed E-state index contributed by atoms with van der Waals surface area (Å²) in [5.74, 6) is 0.808. The molecule has 36 heavy (non-hydrogen) atoms. The van der Waals surface area contributed by atoms with Gasteiger partial charge in [-0.1, -0.05) is 37.1 Å². The van der Waals surface area contributed by atoms with Gasteiger partial charge in [0.1, 0.15) is 5.56 Å². The van der Waals surface area contributed by atoms with Gasteiger partial charge in [0.05, 0.1) is 12.3 Å². The van der Waals surface area contributed by atoms with Gasteiger partial charge in [0, 0.05) is 29.7 Å². The lowest BCUT2D eigenvalue weighted by Crippen LogP contribution is -2.25. The summed E-state index contributed by atoms with van der Waals surface area (Å²) in [7, 11) is 0. The molecule has 0 atom stereocenters. The molecular weight excluding hydrogens is 456 g/mol. The lowest BCUT2D eigenvalue weighted by atomic mass is 10.1. The Labute approximate surface area is 208 Å². The Hall–Kier alpha value is -4.20. The molecule has 2 aromatic carbocycles. The molecule has 0 spiro atoms. The first-order chi connectivity index (χ1) is 17.6. The highest BCUT2D eigenvalue weighted by Crippen LogP contribution is 2.26. The standard InChI is InChI=1S/C28H28N4O4/c1-2-35-24-12-8-10-20-18-22(28(34)36-26(20)24)27(33)29-21-11-7-9-19(17-21)23-13-14-25(31-30-23)32-15-5-3-4-6-16-32/h7-14,17-18H,2-6,15-16H2,1H3,(H,29,33). The second kappa shape index (κ2) is 10.6. The van der Waals surface area contributed by atoms with Crippen molar-refractivity contribution in [3.8, 4) is 17.0 Å². The number of ether oxygens (including phenoxy) is 1. The van der Waals surface area contributed by atoms with Gasteiger partial charge in [-0.25, -0.2) is 4.79 Å². The van der Waals surface area contributed by atoms with E-state index in [4.69, 9.17) is 9.15 Å². The van der Waals surface area contributed by atoms with E-state index in [1.54, 1.807) is 24.3 Å². The molecule has 3 heterocycles. The number of rotatable bonds is 6. The quantitative estimate of drug-likeness (QED) is 0.372. The van der Waals surface area contributed by atoms with Crippen LogP contribution in [0.2, 0.25) is 0 Å². The Bertz CT molecular complexity index is 1420. The molecule has 0 unspecified atom stereocenters. The van der Waals surface area contributed by atoms with E-state index in [1.807, 2.05) is 37.3 Å². The number of para-hydroxylation sites is 1. The third-order valence-electron chi connectivity index (χ3n) is 6.27. The van der Waals surface area contributed by atoms with E-state index in [0.717, 1.165) is 24.5 Å². The number of hydrogen-bond acceptors (Lipinski definition) is 7. The predicted octanol–water partition coefficient (Wildman–Crippen LogP) is 5.28. The molecule has 8 nitrogen and oxygen atoms in total. The van der Waals surface area contributed by atoms with E-state index >= 15 is 0 Å². The molecule has 0 radical (unpaired) electrons. The van der Waals surface area contributed by atoms with Gasteiger partial charge in [0.15, 0.2) is 17.2 Å². The number of nitrogens with zero attached hydrogens (tertiary/aromatic N) is 3. The fraction of sp³-hybridized carbons (Fsp3) is 0.286. The van der Waals surface area contributed by atoms with Crippen LogP contribution in [-0.2, 0) is 0 Å². The number of aromatic nitrogens is 2. The molecule has 4 aromatic rings. The van der Waals surface area contributed by atoms with E-state index in [2.05, 4.69) is 20.4 Å². The number of amides is 1. The molecule has 8 heteroatoms. The highest BCUT2D eigenvalue weighted by atomic mass is 16.5. The molecule has 0 bridgehead atoms. The van der Waals surface area contributed by atoms with Crippen molar-refractivity contribution >= 4 is 28.4 Å². The van der Waals surface area contributed by atoms with Crippen LogP contribution in [0.15, 0.2) is 69.9 Å². The lowest BCUT2D eigenvalue weighted by Gasteiger charge is -2.20. The maximum atomic E-state index is 12.9. The fourth-order valence-electron chi connectivity index (χ4n) is 4.45. The van der Waals surface area contributed by atoms with Crippen LogP contribution in [-0.4, -0.2) is 35.8 Å². The highest BCUT2D eigenvalue weighted by Gasteiger charge is 2.17. The SMILES string of the molecule is CCOc1cccc2cc(C(=O)Nc3cccc(-c4ccc(N5CCCCCC5)nn4)c3)c(=O)oc12. The van der Waals surface area contributed by atoms with Crippen molar-refractivity contribution in [1.29, 1.82) is 0 Å². The largest absolute Gasteiger partial charge is 0.490 e. The molecule has 0 saturated carbocycles. The topological polar surface area (TPSA) is 97.6 Å². The molecule has 1 saturated heterocycles. The molecule has 1 aliphatic heterocycles. The number of nitrogens with one attached hydrogen (secondary N) is 1. The van der Waals surface area contributed by atoms with Gasteiger partial charge in [-0.05, 0) is 56.2 Å². The first kappa shape index (κ1) is 23.5. The highest BCUT2D eigenvalue weighted by molar-refractivity contribution is 6.05. The zero-order valence-corrected chi connectivity index (χ0v) is 20.2. The fourth-order valence-corrected chi connectivity index (χ4v) is 4.45. The number of carbonyl (C=O) groups excluding carboxylic acids is 1. The van der Waals surface area contributed by atoms with Gasteiger partial charge < -0.3 is 19.4 Å². The molecular formula is C28H28N4O4. The van der Waals surface area contributed by atoms with Crippen LogP contribution in [0.25, 0.3) is 22.2 Å². The molecule has 2 aromatic heterocycles. The van der Waals surface area contributed by atoms with Gasteiger partial charge in [-0.15, -0.1) is 10.2 Å². The second-order valence-electron chi connectivity index (χ2n) is 8.77. The van der Waals surface area contributed by atoms with Crippen molar-refractivity contribution in [3.63, 3.8) is 0 Å². The van der Waals surface area contributed by atoms with E-state index in [-0.39, 0.29) is 5.56 Å². The summed E-state index contributed by atoms with van der Waals surface area (Å²) in [4.78, 5) is 27.8. The minimum Gasteiger partial charge on any atom is -0.490 e. The van der Waals surface area contributed by atoms with E-state index < -0.39 is 11.5 Å². The van der Waals surface area contributed by atoms with Crippen LogP contribution in [0.4, 0.5) is 11.5 Å². The first-order valence-electron chi connectivity index (χ1n) is 12.3. The average Bonchev–Trinajstić information content (AvgIpc) is 3.19. The van der Waals surface area contributed by atoms with Crippen LogP contribution >= 0.6 is 0 Å². The molecule has 1 N–H and O–H groups in total. The lowest BCUT2D eigenvalue weighted by molar-refractivity contribution is 0.102. The number of carbonyl (C=O) groups is 1. The Balaban J connectivity index is 1.35. The summed E-state index contributed by atoms with van der Waals surface area (Å²) < 4.78 is 11.0. The van der Waals surface area contributed by atoms with Crippen molar-refractivity contribution in [2.45, 2.75) is 32.6 Å². The first-order valence-corrected chi connectivity index (χ1v) is 12.3. The molecule has 0 aliphatic carbocycles. The van der Waals surface area contributed by atoms with Gasteiger partial charge in [0.25, 0.3) is 5.91 Å². The second-order valence-corrected chi connectivity index (χ2v) is 8.77. The summed E-state index contributed by atoms with van der Waals surface area (Å²) in [5.41, 5.74) is 1.58. The Morgan fingerprint density at radius 1 is 1.00 bits per heavy atom. The van der Waals surface area contributed by atoms with Crippen molar-refractivity contribution in [2.75, 3.05) is 29.9 Å². The van der Waals surface area contributed by atoms with Crippen LogP contribution in [0.3, 0.4) is 0 Å². The summed E-state index contributed by atoms with van der Waals surface area (Å²) in [6.45, 7) is 4.30. The molecule has 1 aliphatic rings. The summed E-state index contributed by atoms with van der Waals surface area (Å²) in [6, 6.07) is 18.1. The average molecular weight is 485 g/mol. The van der Waals surface area contributed by atoms with Crippen molar-refractivity contribution < 1.29 is 13.9 Å². The van der Waals surface area contributed by atoms with E-state index in [1.165, 1.54) is 31.7 Å². The number of anilines is 2. The molecule has 5 rings (SSSR count). The number of benzene rings is 2. The normalized spacial score (nSPS) is 13.9. The summed E-state index contributed by atoms with van der Waals surface area (Å²) in [5, 5.41) is 12.3. The van der Waals surface area contributed by atoms with Crippen molar-refractivity contribution in [3.05, 3.63) is 76.6 Å². The van der Waals surface area contributed by atoms with Gasteiger partial charge in [-0.2, -0.15) is 0 Å². The van der Waals surface area contributed by atoms with Gasteiger partial charge in [0.2, 0.25) is 0 Å². The van der Waals surface area contributed by atoms with Crippen LogP contribution in [0, 0.1) is 0 Å². The molecule has 184 valence electrons. The van der Waals surface area contributed by atoms with Crippen molar-refractivity contribution in [2.24, 2.45) is 0 Å². The van der Waals surface area contributed by atoms with E-state index in [0.29, 0.717) is 34.7 Å². The third-order valence-corrected chi connectivity index (χ3v) is 6.27. The van der Waals surface area contributed by atoms with Crippen LogP contribution < -0.4 is 20.6 Å². The summed E-state index contributed by atoms with van der Waals surface area (Å²) in [6.07, 6.45) is 4.87. The zero-order valence-electron chi connectivity index (χ0n) is 20.2. The number of fused-ring (bicyclic) bond motifs is 1. The Morgan fingerprint density at radius 2 is 1.81 bits per heavy atom. The Morgan fingerprint density at radius 3 is 2.56 bits per heavy atom. The maximum Gasteiger partial charge on any atom is 0.349 e. The van der Waals surface area contributed by atoms with Crippen LogP contribution in [0.1, 0.15) is 43.0 Å². The third kappa shape index (κ3) is 5.07. The minimum absolute atomic E-state index is 0.0804. The zero-order chi connectivity index (χ0) is 24.9. The summed E-state index contributed by atoms with van der Waals surface area (Å²) >= 11 is 0.